The minimum Gasteiger partial charge on any atom is -0.376 e. The highest BCUT2D eigenvalue weighted by molar-refractivity contribution is 5.88. The molecule has 4 nitrogen and oxygen atoms in total. The zero-order valence-corrected chi connectivity index (χ0v) is 15.6. The number of carbonyl (C=O) groups is 1. The molecule has 0 saturated carbocycles. The van der Waals surface area contributed by atoms with E-state index in [-0.39, 0.29) is 5.91 Å². The molecule has 1 amide bonds. The van der Waals surface area contributed by atoms with Crippen molar-refractivity contribution in [2.24, 2.45) is 5.92 Å². The molecule has 1 aromatic heterocycles. The normalized spacial score (nSPS) is 15.3. The van der Waals surface area contributed by atoms with Crippen molar-refractivity contribution in [2.75, 3.05) is 19.7 Å². The van der Waals surface area contributed by atoms with Crippen LogP contribution in [0.1, 0.15) is 24.0 Å². The number of piperidine rings is 1. The summed E-state index contributed by atoms with van der Waals surface area (Å²) in [7, 11) is 0. The lowest BCUT2D eigenvalue weighted by Gasteiger charge is -2.32. The van der Waals surface area contributed by atoms with E-state index in [1.807, 2.05) is 47.5 Å². The van der Waals surface area contributed by atoms with Crippen LogP contribution in [0.25, 0.3) is 10.9 Å². The van der Waals surface area contributed by atoms with Crippen LogP contribution < -0.4 is 0 Å². The van der Waals surface area contributed by atoms with Crippen LogP contribution in [-0.4, -0.2) is 35.5 Å². The molecule has 4 heteroatoms. The number of likely N-dealkylation sites (tertiary alicyclic amines) is 1. The van der Waals surface area contributed by atoms with Gasteiger partial charge in [-0.1, -0.05) is 48.5 Å². The third-order valence-corrected chi connectivity index (χ3v) is 5.45. The minimum atomic E-state index is 0.225. The Bertz CT molecular complexity index is 880. The molecule has 2 heterocycles. The Morgan fingerprint density at radius 1 is 1.04 bits per heavy atom. The Morgan fingerprint density at radius 3 is 2.59 bits per heavy atom. The summed E-state index contributed by atoms with van der Waals surface area (Å²) >= 11 is 0. The average Bonchev–Trinajstić information content (AvgIpc) is 3.12. The van der Waals surface area contributed by atoms with E-state index in [1.54, 1.807) is 0 Å². The van der Waals surface area contributed by atoms with Gasteiger partial charge in [-0.05, 0) is 36.0 Å². The summed E-state index contributed by atoms with van der Waals surface area (Å²) in [6.45, 7) is 3.11. The largest absolute Gasteiger partial charge is 0.376 e. The first-order chi connectivity index (χ1) is 13.3. The number of amides is 1. The fourth-order valence-electron chi connectivity index (χ4n) is 3.82. The molecule has 0 spiro atoms. The average molecular weight is 362 g/mol. The van der Waals surface area contributed by atoms with Gasteiger partial charge in [-0.3, -0.25) is 4.79 Å². The van der Waals surface area contributed by atoms with Crippen LogP contribution >= 0.6 is 0 Å². The molecule has 0 atom stereocenters. The lowest BCUT2D eigenvalue weighted by atomic mass is 9.97. The number of para-hydroxylation sites is 1. The second-order valence-corrected chi connectivity index (χ2v) is 7.36. The Labute approximate surface area is 160 Å². The topological polar surface area (TPSA) is 45.3 Å². The maximum atomic E-state index is 12.7. The van der Waals surface area contributed by atoms with Gasteiger partial charge in [-0.15, -0.1) is 0 Å². The van der Waals surface area contributed by atoms with Crippen LogP contribution in [0.4, 0.5) is 0 Å². The molecule has 1 aliphatic heterocycles. The minimum absolute atomic E-state index is 0.225. The van der Waals surface area contributed by atoms with Crippen molar-refractivity contribution >= 4 is 16.8 Å². The highest BCUT2D eigenvalue weighted by Crippen LogP contribution is 2.22. The molecule has 0 aliphatic carbocycles. The van der Waals surface area contributed by atoms with Crippen molar-refractivity contribution in [1.82, 2.24) is 9.88 Å². The highest BCUT2D eigenvalue weighted by atomic mass is 16.5. The number of H-pyrrole nitrogens is 1. The molecule has 1 N–H and O–H groups in total. The van der Waals surface area contributed by atoms with Crippen LogP contribution in [-0.2, 0) is 22.6 Å². The molecule has 1 aliphatic rings. The summed E-state index contributed by atoms with van der Waals surface area (Å²) < 4.78 is 5.88. The number of benzene rings is 2. The van der Waals surface area contributed by atoms with Gasteiger partial charge in [0.15, 0.2) is 0 Å². The fourth-order valence-corrected chi connectivity index (χ4v) is 3.82. The maximum absolute atomic E-state index is 12.7. The van der Waals surface area contributed by atoms with Gasteiger partial charge in [0.1, 0.15) is 0 Å². The van der Waals surface area contributed by atoms with Crippen molar-refractivity contribution < 1.29 is 9.53 Å². The van der Waals surface area contributed by atoms with Crippen LogP contribution in [0.3, 0.4) is 0 Å². The van der Waals surface area contributed by atoms with Crippen LogP contribution in [0, 0.1) is 5.92 Å². The summed E-state index contributed by atoms with van der Waals surface area (Å²) in [4.78, 5) is 18.0. The maximum Gasteiger partial charge on any atom is 0.227 e. The molecule has 0 bridgehead atoms. The number of aromatic amines is 1. The van der Waals surface area contributed by atoms with Gasteiger partial charge in [0.25, 0.3) is 0 Å². The van der Waals surface area contributed by atoms with Gasteiger partial charge in [-0.2, -0.15) is 0 Å². The molecule has 0 unspecified atom stereocenters. The van der Waals surface area contributed by atoms with Crippen molar-refractivity contribution in [2.45, 2.75) is 25.9 Å². The third kappa shape index (κ3) is 4.40. The van der Waals surface area contributed by atoms with Crippen molar-refractivity contribution in [3.8, 4) is 0 Å². The summed E-state index contributed by atoms with van der Waals surface area (Å²) in [5.41, 5.74) is 3.39. The Kier molecular flexibility index (Phi) is 5.54. The molecule has 3 aromatic rings. The van der Waals surface area contributed by atoms with Crippen LogP contribution in [0.15, 0.2) is 60.8 Å². The van der Waals surface area contributed by atoms with E-state index in [9.17, 15) is 4.79 Å². The van der Waals surface area contributed by atoms with Gasteiger partial charge in [-0.25, -0.2) is 0 Å². The number of hydrogen-bond donors (Lipinski definition) is 1. The molecule has 1 saturated heterocycles. The Hall–Kier alpha value is -2.59. The van der Waals surface area contributed by atoms with E-state index >= 15 is 0 Å². The number of fused-ring (bicyclic) bond motifs is 1. The van der Waals surface area contributed by atoms with Gasteiger partial charge >= 0.3 is 0 Å². The first kappa shape index (κ1) is 17.8. The third-order valence-electron chi connectivity index (χ3n) is 5.45. The Morgan fingerprint density at radius 2 is 1.78 bits per heavy atom. The van der Waals surface area contributed by atoms with Crippen LogP contribution in [0.5, 0.6) is 0 Å². The van der Waals surface area contributed by atoms with Gasteiger partial charge in [0.2, 0.25) is 5.91 Å². The van der Waals surface area contributed by atoms with Crippen LogP contribution in [0.2, 0.25) is 0 Å². The SMILES string of the molecule is O=C(Cc1c[nH]c2ccccc12)N1CCC(COCc2ccccc2)CC1. The number of nitrogens with zero attached hydrogens (tertiary/aromatic N) is 1. The number of rotatable bonds is 6. The molecule has 2 aromatic carbocycles. The van der Waals surface area contributed by atoms with E-state index in [1.165, 1.54) is 5.56 Å². The molecule has 0 radical (unpaired) electrons. The summed E-state index contributed by atoms with van der Waals surface area (Å²) in [5.74, 6) is 0.772. The van der Waals surface area contributed by atoms with E-state index in [2.05, 4.69) is 23.2 Å². The second-order valence-electron chi connectivity index (χ2n) is 7.36. The zero-order valence-electron chi connectivity index (χ0n) is 15.6. The quantitative estimate of drug-likeness (QED) is 0.715. The van der Waals surface area contributed by atoms with E-state index in [0.717, 1.165) is 49.0 Å². The van der Waals surface area contributed by atoms with Crippen molar-refractivity contribution in [1.29, 1.82) is 0 Å². The monoisotopic (exact) mass is 362 g/mol. The first-order valence-electron chi connectivity index (χ1n) is 9.74. The lowest BCUT2D eigenvalue weighted by Crippen LogP contribution is -2.40. The van der Waals surface area contributed by atoms with Gasteiger partial charge < -0.3 is 14.6 Å². The predicted octanol–water partition coefficient (Wildman–Crippen LogP) is 4.17. The molecule has 140 valence electrons. The highest BCUT2D eigenvalue weighted by Gasteiger charge is 2.23. The molecular weight excluding hydrogens is 336 g/mol. The number of carbonyl (C=O) groups excluding carboxylic acids is 1. The standard InChI is InChI=1S/C23H26N2O2/c26-23(14-20-15-24-22-9-5-4-8-21(20)22)25-12-10-19(11-13-25)17-27-16-18-6-2-1-3-7-18/h1-9,15,19,24H,10-14,16-17H2. The summed E-state index contributed by atoms with van der Waals surface area (Å²) in [6, 6.07) is 18.4. The number of ether oxygens (including phenoxy) is 1. The van der Waals surface area contributed by atoms with Crippen molar-refractivity contribution in [3.05, 3.63) is 71.9 Å². The first-order valence-corrected chi connectivity index (χ1v) is 9.74. The van der Waals surface area contributed by atoms with E-state index < -0.39 is 0 Å². The Balaban J connectivity index is 1.23. The van der Waals surface area contributed by atoms with Crippen molar-refractivity contribution in [3.63, 3.8) is 0 Å². The van der Waals surface area contributed by atoms with Gasteiger partial charge in [0.05, 0.1) is 13.0 Å². The number of nitrogens with one attached hydrogen (secondary N) is 1. The summed E-state index contributed by atoms with van der Waals surface area (Å²) in [5, 5.41) is 1.15. The second kappa shape index (κ2) is 8.40. The molecular formula is C23H26N2O2. The van der Waals surface area contributed by atoms with E-state index in [0.29, 0.717) is 18.9 Å². The lowest BCUT2D eigenvalue weighted by molar-refractivity contribution is -0.132. The predicted molar refractivity (Wildman–Crippen MR) is 107 cm³/mol. The smallest absolute Gasteiger partial charge is 0.227 e. The summed E-state index contributed by atoms with van der Waals surface area (Å²) in [6.07, 6.45) is 4.48. The van der Waals surface area contributed by atoms with Gasteiger partial charge in [0, 0.05) is 36.8 Å². The van der Waals surface area contributed by atoms with E-state index in [4.69, 9.17) is 4.74 Å². The molecule has 4 rings (SSSR count). The number of hydrogen-bond acceptors (Lipinski definition) is 2. The number of aromatic nitrogens is 1. The molecule has 1 fully saturated rings. The zero-order chi connectivity index (χ0) is 18.5. The molecule has 27 heavy (non-hydrogen) atoms. The fraction of sp³-hybridized carbons (Fsp3) is 0.348.